The number of benzene rings is 1. The summed E-state index contributed by atoms with van der Waals surface area (Å²) in [7, 11) is 1.70. The number of hydrogen-bond acceptors (Lipinski definition) is 4. The first kappa shape index (κ1) is 14.7. The highest BCUT2D eigenvalue weighted by Crippen LogP contribution is 2.22. The number of thiazole rings is 1. The number of amides is 1. The first-order valence-corrected chi connectivity index (χ1v) is 7.86. The summed E-state index contributed by atoms with van der Waals surface area (Å²) >= 11 is 1.35. The van der Waals surface area contributed by atoms with Crippen molar-refractivity contribution >= 4 is 33.8 Å². The van der Waals surface area contributed by atoms with E-state index >= 15 is 0 Å². The molecule has 0 aliphatic heterocycles. The molecule has 2 heterocycles. The van der Waals surface area contributed by atoms with Gasteiger partial charge in [0.2, 0.25) is 0 Å². The molecular weight excluding hydrogens is 298 g/mol. The van der Waals surface area contributed by atoms with Gasteiger partial charge in [0.1, 0.15) is 4.88 Å². The number of aromatic nitrogens is 2. The Bertz CT molecular complexity index is 807. The molecule has 2 aromatic heterocycles. The SMILES string of the molecule is COCCn1ccc2cc(NC(=O)c3scnc3C)ccc21. The van der Waals surface area contributed by atoms with Gasteiger partial charge in [0.25, 0.3) is 5.91 Å². The largest absolute Gasteiger partial charge is 0.383 e. The predicted molar refractivity (Wildman–Crippen MR) is 88.6 cm³/mol. The van der Waals surface area contributed by atoms with Gasteiger partial charge in [-0.15, -0.1) is 11.3 Å². The second-order valence-corrected chi connectivity index (χ2v) is 5.85. The fraction of sp³-hybridized carbons (Fsp3) is 0.250. The highest BCUT2D eigenvalue weighted by atomic mass is 32.1. The van der Waals surface area contributed by atoms with Crippen molar-refractivity contribution in [2.75, 3.05) is 19.0 Å². The van der Waals surface area contributed by atoms with Gasteiger partial charge >= 0.3 is 0 Å². The van der Waals surface area contributed by atoms with Gasteiger partial charge < -0.3 is 14.6 Å². The van der Waals surface area contributed by atoms with Crippen LogP contribution in [-0.4, -0.2) is 29.2 Å². The highest BCUT2D eigenvalue weighted by molar-refractivity contribution is 7.12. The van der Waals surface area contributed by atoms with Crippen molar-refractivity contribution in [3.8, 4) is 0 Å². The summed E-state index contributed by atoms with van der Waals surface area (Å²) < 4.78 is 7.25. The molecule has 0 unspecified atom stereocenters. The van der Waals surface area contributed by atoms with Crippen molar-refractivity contribution in [1.29, 1.82) is 0 Å². The zero-order valence-electron chi connectivity index (χ0n) is 12.5. The van der Waals surface area contributed by atoms with E-state index in [0.717, 1.165) is 28.8 Å². The van der Waals surface area contributed by atoms with Crippen molar-refractivity contribution in [3.63, 3.8) is 0 Å². The van der Waals surface area contributed by atoms with Crippen LogP contribution in [0.1, 0.15) is 15.4 Å². The molecule has 22 heavy (non-hydrogen) atoms. The van der Waals surface area contributed by atoms with Crippen molar-refractivity contribution in [3.05, 3.63) is 46.5 Å². The van der Waals surface area contributed by atoms with Crippen LogP contribution >= 0.6 is 11.3 Å². The van der Waals surface area contributed by atoms with E-state index in [1.165, 1.54) is 11.3 Å². The second-order valence-electron chi connectivity index (χ2n) is 5.00. The third-order valence-corrected chi connectivity index (χ3v) is 4.44. The molecule has 0 fully saturated rings. The molecule has 0 bridgehead atoms. The molecule has 3 rings (SSSR count). The highest BCUT2D eigenvalue weighted by Gasteiger charge is 2.12. The smallest absolute Gasteiger partial charge is 0.267 e. The molecule has 0 spiro atoms. The van der Waals surface area contributed by atoms with Gasteiger partial charge in [-0.3, -0.25) is 4.79 Å². The molecule has 1 amide bonds. The Morgan fingerprint density at radius 3 is 3.00 bits per heavy atom. The van der Waals surface area contributed by atoms with Gasteiger partial charge in [-0.05, 0) is 31.2 Å². The molecule has 0 radical (unpaired) electrons. The van der Waals surface area contributed by atoms with Crippen LogP contribution in [0.3, 0.4) is 0 Å². The lowest BCUT2D eigenvalue weighted by Gasteiger charge is -2.07. The molecular formula is C16H17N3O2S. The van der Waals surface area contributed by atoms with E-state index in [9.17, 15) is 4.79 Å². The maximum absolute atomic E-state index is 12.2. The van der Waals surface area contributed by atoms with Crippen LogP contribution < -0.4 is 5.32 Å². The van der Waals surface area contributed by atoms with Gasteiger partial charge in [-0.2, -0.15) is 0 Å². The number of nitrogens with zero attached hydrogens (tertiary/aromatic N) is 2. The van der Waals surface area contributed by atoms with Crippen LogP contribution in [0.5, 0.6) is 0 Å². The van der Waals surface area contributed by atoms with Crippen LogP contribution in [0.15, 0.2) is 36.0 Å². The lowest BCUT2D eigenvalue weighted by atomic mass is 10.2. The Morgan fingerprint density at radius 1 is 1.41 bits per heavy atom. The molecule has 0 atom stereocenters. The van der Waals surface area contributed by atoms with E-state index in [0.29, 0.717) is 11.5 Å². The van der Waals surface area contributed by atoms with Gasteiger partial charge in [0.15, 0.2) is 0 Å². The van der Waals surface area contributed by atoms with E-state index in [1.807, 2.05) is 37.4 Å². The van der Waals surface area contributed by atoms with Crippen LogP contribution in [0.2, 0.25) is 0 Å². The topological polar surface area (TPSA) is 56.1 Å². The Hall–Kier alpha value is -2.18. The maximum Gasteiger partial charge on any atom is 0.267 e. The summed E-state index contributed by atoms with van der Waals surface area (Å²) in [5, 5.41) is 4.02. The standard InChI is InChI=1S/C16H17N3O2S/c1-11-15(22-10-17-11)16(20)18-13-3-4-14-12(9-13)5-6-19(14)7-8-21-2/h3-6,9-10H,7-8H2,1-2H3,(H,18,20). The fourth-order valence-electron chi connectivity index (χ4n) is 2.37. The Balaban J connectivity index is 1.81. The number of anilines is 1. The van der Waals surface area contributed by atoms with E-state index in [2.05, 4.69) is 14.9 Å². The number of fused-ring (bicyclic) bond motifs is 1. The third-order valence-electron chi connectivity index (χ3n) is 3.52. The minimum absolute atomic E-state index is 0.113. The van der Waals surface area contributed by atoms with E-state index in [4.69, 9.17) is 4.74 Å². The Kier molecular flexibility index (Phi) is 4.22. The zero-order chi connectivity index (χ0) is 15.5. The first-order valence-electron chi connectivity index (χ1n) is 6.98. The normalized spacial score (nSPS) is 11.0. The number of hydrogen-bond donors (Lipinski definition) is 1. The molecule has 1 N–H and O–H groups in total. The van der Waals surface area contributed by atoms with Crippen molar-refractivity contribution in [1.82, 2.24) is 9.55 Å². The van der Waals surface area contributed by atoms with Crippen LogP contribution in [0.4, 0.5) is 5.69 Å². The van der Waals surface area contributed by atoms with Crippen LogP contribution in [0, 0.1) is 6.92 Å². The number of carbonyl (C=O) groups excluding carboxylic acids is 1. The molecule has 3 aromatic rings. The minimum atomic E-state index is -0.113. The third kappa shape index (κ3) is 2.88. The number of carbonyl (C=O) groups is 1. The lowest BCUT2D eigenvalue weighted by Crippen LogP contribution is -2.11. The van der Waals surface area contributed by atoms with Crippen molar-refractivity contribution in [2.45, 2.75) is 13.5 Å². The van der Waals surface area contributed by atoms with E-state index in [1.54, 1.807) is 12.6 Å². The lowest BCUT2D eigenvalue weighted by molar-refractivity contribution is 0.103. The van der Waals surface area contributed by atoms with Gasteiger partial charge in [0, 0.05) is 36.4 Å². The first-order chi connectivity index (χ1) is 10.7. The monoisotopic (exact) mass is 315 g/mol. The number of ether oxygens (including phenoxy) is 1. The Morgan fingerprint density at radius 2 is 2.27 bits per heavy atom. The van der Waals surface area contributed by atoms with Crippen LogP contribution in [0.25, 0.3) is 10.9 Å². The summed E-state index contributed by atoms with van der Waals surface area (Å²) in [4.78, 5) is 17.0. The molecule has 0 saturated heterocycles. The van der Waals surface area contributed by atoms with Crippen molar-refractivity contribution < 1.29 is 9.53 Å². The number of nitrogens with one attached hydrogen (secondary N) is 1. The molecule has 0 aliphatic carbocycles. The van der Waals surface area contributed by atoms with E-state index in [-0.39, 0.29) is 5.91 Å². The summed E-state index contributed by atoms with van der Waals surface area (Å²) in [6.45, 7) is 3.32. The molecule has 6 heteroatoms. The molecule has 0 aliphatic rings. The van der Waals surface area contributed by atoms with Crippen LogP contribution in [-0.2, 0) is 11.3 Å². The average molecular weight is 315 g/mol. The molecule has 114 valence electrons. The van der Waals surface area contributed by atoms with E-state index < -0.39 is 0 Å². The zero-order valence-corrected chi connectivity index (χ0v) is 13.3. The van der Waals surface area contributed by atoms with Crippen molar-refractivity contribution in [2.24, 2.45) is 0 Å². The predicted octanol–water partition coefficient (Wildman–Crippen LogP) is 3.30. The summed E-state index contributed by atoms with van der Waals surface area (Å²) in [6, 6.07) is 7.95. The second kappa shape index (κ2) is 6.29. The average Bonchev–Trinajstić information content (AvgIpc) is 3.11. The molecule has 1 aromatic carbocycles. The summed E-state index contributed by atoms with van der Waals surface area (Å²) in [5.74, 6) is -0.113. The maximum atomic E-state index is 12.2. The number of aryl methyl sites for hydroxylation is 1. The number of methoxy groups -OCH3 is 1. The quantitative estimate of drug-likeness (QED) is 0.786. The Labute approximate surface area is 132 Å². The molecule has 5 nitrogen and oxygen atoms in total. The summed E-state index contributed by atoms with van der Waals surface area (Å²) in [6.07, 6.45) is 2.03. The van der Waals surface area contributed by atoms with Gasteiger partial charge in [0.05, 0.1) is 17.8 Å². The number of rotatable bonds is 5. The fourth-order valence-corrected chi connectivity index (χ4v) is 3.07. The van der Waals surface area contributed by atoms with Gasteiger partial charge in [-0.25, -0.2) is 4.98 Å². The minimum Gasteiger partial charge on any atom is -0.383 e. The molecule has 0 saturated carbocycles. The van der Waals surface area contributed by atoms with Gasteiger partial charge in [-0.1, -0.05) is 0 Å². The summed E-state index contributed by atoms with van der Waals surface area (Å²) in [5.41, 5.74) is 4.36.